The van der Waals surface area contributed by atoms with Gasteiger partial charge in [-0.1, -0.05) is 0 Å². The number of hydrogen-bond donors (Lipinski definition) is 1. The maximum Gasteiger partial charge on any atom is 0.175 e. The largest absolute Gasteiger partial charge is 0.321 e. The van der Waals surface area contributed by atoms with Crippen molar-refractivity contribution in [1.82, 2.24) is 0 Å². The minimum Gasteiger partial charge on any atom is -0.321 e. The van der Waals surface area contributed by atoms with Gasteiger partial charge in [0.25, 0.3) is 0 Å². The van der Waals surface area contributed by atoms with Gasteiger partial charge in [0.2, 0.25) is 0 Å². The van der Waals surface area contributed by atoms with Crippen LogP contribution in [0.2, 0.25) is 0 Å². The number of halogens is 1. The zero-order valence-electron chi connectivity index (χ0n) is 9.96. The van der Waals surface area contributed by atoms with Gasteiger partial charge in [-0.25, -0.2) is 12.8 Å². The highest BCUT2D eigenvalue weighted by atomic mass is 32.2. The summed E-state index contributed by atoms with van der Waals surface area (Å²) in [7, 11) is -3.34. The van der Waals surface area contributed by atoms with E-state index in [2.05, 4.69) is 0 Å². The van der Waals surface area contributed by atoms with Crippen molar-refractivity contribution in [3.63, 3.8) is 0 Å². The molecule has 0 heterocycles. The minimum absolute atomic E-state index is 0.172. The van der Waals surface area contributed by atoms with Gasteiger partial charge in [0.05, 0.1) is 4.90 Å². The molecule has 0 bridgehead atoms. The fraction of sp³-hybridized carbons (Fsp3) is 0.500. The van der Waals surface area contributed by atoms with Gasteiger partial charge in [-0.15, -0.1) is 0 Å². The van der Waals surface area contributed by atoms with Gasteiger partial charge in [-0.3, -0.25) is 0 Å². The molecule has 2 rings (SSSR count). The number of hydrogen-bond acceptors (Lipinski definition) is 3. The average Bonchev–Trinajstić information content (AvgIpc) is 2.12. The second-order valence-electron chi connectivity index (χ2n) is 4.88. The lowest BCUT2D eigenvalue weighted by atomic mass is 9.72. The molecule has 1 saturated carbocycles. The number of benzene rings is 1. The average molecular weight is 257 g/mol. The van der Waals surface area contributed by atoms with Crippen LogP contribution in [0.4, 0.5) is 4.39 Å². The van der Waals surface area contributed by atoms with E-state index in [4.69, 9.17) is 5.73 Å². The van der Waals surface area contributed by atoms with E-state index < -0.39 is 21.2 Å². The lowest BCUT2D eigenvalue weighted by molar-refractivity contribution is 0.244. The van der Waals surface area contributed by atoms with Crippen molar-refractivity contribution in [3.8, 4) is 0 Å². The van der Waals surface area contributed by atoms with E-state index >= 15 is 0 Å². The summed E-state index contributed by atoms with van der Waals surface area (Å²) in [5.74, 6) is -0.405. The van der Waals surface area contributed by atoms with E-state index in [0.717, 1.165) is 12.7 Å². The molecule has 0 atom stereocenters. The first-order valence-electron chi connectivity index (χ1n) is 5.54. The Bertz CT molecular complexity index is 562. The van der Waals surface area contributed by atoms with Crippen molar-refractivity contribution >= 4 is 9.84 Å². The summed E-state index contributed by atoms with van der Waals surface area (Å²) in [4.78, 5) is 0.172. The Morgan fingerprint density at radius 3 is 2.35 bits per heavy atom. The van der Waals surface area contributed by atoms with Gasteiger partial charge in [0.1, 0.15) is 5.82 Å². The topological polar surface area (TPSA) is 60.2 Å². The summed E-state index contributed by atoms with van der Waals surface area (Å²) in [6.07, 6.45) is 3.49. The van der Waals surface area contributed by atoms with Crippen LogP contribution in [0.1, 0.15) is 30.4 Å². The van der Waals surface area contributed by atoms with E-state index in [-0.39, 0.29) is 4.90 Å². The second-order valence-corrected chi connectivity index (χ2v) is 6.86. The fourth-order valence-electron chi connectivity index (χ4n) is 2.26. The van der Waals surface area contributed by atoms with Gasteiger partial charge in [0.15, 0.2) is 9.84 Å². The molecule has 0 saturated heterocycles. The third kappa shape index (κ3) is 2.09. The fourth-order valence-corrected chi connectivity index (χ4v) is 3.24. The predicted octanol–water partition coefficient (Wildman–Crippen LogP) is 1.88. The quantitative estimate of drug-likeness (QED) is 0.823. The lowest BCUT2D eigenvalue weighted by Gasteiger charge is -2.39. The molecule has 94 valence electrons. The molecule has 0 aromatic heterocycles. The van der Waals surface area contributed by atoms with E-state index in [1.54, 1.807) is 6.92 Å². The van der Waals surface area contributed by atoms with Crippen molar-refractivity contribution < 1.29 is 12.8 Å². The van der Waals surface area contributed by atoms with Crippen molar-refractivity contribution in [2.24, 2.45) is 5.73 Å². The Kier molecular flexibility index (Phi) is 2.78. The smallest absolute Gasteiger partial charge is 0.175 e. The normalized spacial score (nSPS) is 18.8. The van der Waals surface area contributed by atoms with Crippen LogP contribution in [0.3, 0.4) is 0 Å². The number of nitrogens with two attached hydrogens (primary N) is 1. The standard InChI is InChI=1S/C12H16FNO2S/c1-8-6-10(13)9(12(14)4-3-5-12)7-11(8)17(2,15)16/h6-7H,3-5,14H2,1-2H3. The molecule has 1 aliphatic carbocycles. The van der Waals surface area contributed by atoms with E-state index in [0.29, 0.717) is 24.0 Å². The molecule has 0 radical (unpaired) electrons. The molecule has 0 amide bonds. The van der Waals surface area contributed by atoms with Crippen LogP contribution >= 0.6 is 0 Å². The van der Waals surface area contributed by atoms with Gasteiger partial charge >= 0.3 is 0 Å². The zero-order valence-corrected chi connectivity index (χ0v) is 10.8. The summed E-state index contributed by atoms with van der Waals surface area (Å²) >= 11 is 0. The van der Waals surface area contributed by atoms with Crippen LogP contribution < -0.4 is 5.73 Å². The Morgan fingerprint density at radius 1 is 1.35 bits per heavy atom. The van der Waals surface area contributed by atoms with Gasteiger partial charge < -0.3 is 5.73 Å². The Balaban J connectivity index is 2.62. The number of aryl methyl sites for hydroxylation is 1. The van der Waals surface area contributed by atoms with Crippen LogP contribution in [-0.4, -0.2) is 14.7 Å². The molecular formula is C12H16FNO2S. The molecule has 1 aromatic rings. The molecule has 1 aliphatic rings. The molecule has 1 fully saturated rings. The molecule has 5 heteroatoms. The third-order valence-electron chi connectivity index (χ3n) is 3.45. The van der Waals surface area contributed by atoms with Crippen molar-refractivity contribution in [3.05, 3.63) is 29.1 Å². The first-order valence-corrected chi connectivity index (χ1v) is 7.43. The van der Waals surface area contributed by atoms with Crippen LogP contribution in [0, 0.1) is 12.7 Å². The SMILES string of the molecule is Cc1cc(F)c(C2(N)CCC2)cc1S(C)(=O)=O. The summed E-state index contributed by atoms with van der Waals surface area (Å²) in [5.41, 5.74) is 6.13. The van der Waals surface area contributed by atoms with Crippen LogP contribution in [0.5, 0.6) is 0 Å². The van der Waals surface area contributed by atoms with E-state index in [1.165, 1.54) is 12.1 Å². The maximum atomic E-state index is 13.9. The van der Waals surface area contributed by atoms with Gasteiger partial charge in [0, 0.05) is 17.4 Å². The molecule has 1 aromatic carbocycles. The van der Waals surface area contributed by atoms with Crippen LogP contribution in [-0.2, 0) is 15.4 Å². The van der Waals surface area contributed by atoms with Gasteiger partial charge in [-0.2, -0.15) is 0 Å². The summed E-state index contributed by atoms with van der Waals surface area (Å²) in [5, 5.41) is 0. The Hall–Kier alpha value is -0.940. The predicted molar refractivity (Wildman–Crippen MR) is 64.0 cm³/mol. The third-order valence-corrected chi connectivity index (χ3v) is 4.69. The summed E-state index contributed by atoms with van der Waals surface area (Å²) < 4.78 is 37.0. The monoisotopic (exact) mass is 257 g/mol. The Labute approximate surface area is 101 Å². The maximum absolute atomic E-state index is 13.9. The van der Waals surface area contributed by atoms with Crippen molar-refractivity contribution in [1.29, 1.82) is 0 Å². The van der Waals surface area contributed by atoms with Crippen LogP contribution in [0.25, 0.3) is 0 Å². The lowest BCUT2D eigenvalue weighted by Crippen LogP contribution is -2.44. The van der Waals surface area contributed by atoms with Crippen LogP contribution in [0.15, 0.2) is 17.0 Å². The van der Waals surface area contributed by atoms with E-state index in [9.17, 15) is 12.8 Å². The Morgan fingerprint density at radius 2 is 1.94 bits per heavy atom. The molecule has 17 heavy (non-hydrogen) atoms. The minimum atomic E-state index is -3.34. The first-order chi connectivity index (χ1) is 7.74. The molecular weight excluding hydrogens is 241 g/mol. The summed E-state index contributed by atoms with van der Waals surface area (Å²) in [6.45, 7) is 1.59. The van der Waals surface area contributed by atoms with Gasteiger partial charge in [-0.05, 0) is 43.9 Å². The molecule has 0 unspecified atom stereocenters. The highest BCUT2D eigenvalue weighted by Crippen LogP contribution is 2.40. The number of sulfone groups is 1. The zero-order chi connectivity index (χ0) is 12.8. The molecule has 0 spiro atoms. The molecule has 2 N–H and O–H groups in total. The second kappa shape index (κ2) is 3.78. The van der Waals surface area contributed by atoms with Crippen molar-refractivity contribution in [2.75, 3.05) is 6.26 Å². The van der Waals surface area contributed by atoms with Crippen molar-refractivity contribution in [2.45, 2.75) is 36.6 Å². The highest BCUT2D eigenvalue weighted by molar-refractivity contribution is 7.90. The summed E-state index contributed by atoms with van der Waals surface area (Å²) in [6, 6.07) is 2.66. The molecule has 3 nitrogen and oxygen atoms in total. The first kappa shape index (κ1) is 12.5. The molecule has 0 aliphatic heterocycles. The number of rotatable bonds is 2. The highest BCUT2D eigenvalue weighted by Gasteiger charge is 2.37. The van der Waals surface area contributed by atoms with E-state index in [1.807, 2.05) is 0 Å².